The molecule has 0 bridgehead atoms. The van der Waals surface area contributed by atoms with Gasteiger partial charge in [-0.3, -0.25) is 4.68 Å². The van der Waals surface area contributed by atoms with Gasteiger partial charge in [-0.1, -0.05) is 44.2 Å². The zero-order valence-electron chi connectivity index (χ0n) is 12.7. The van der Waals surface area contributed by atoms with E-state index in [0.29, 0.717) is 11.5 Å². The van der Waals surface area contributed by atoms with Gasteiger partial charge in [0, 0.05) is 18.0 Å². The van der Waals surface area contributed by atoms with Crippen molar-refractivity contribution in [2.45, 2.75) is 32.9 Å². The highest BCUT2D eigenvalue weighted by Crippen LogP contribution is 2.34. The van der Waals surface area contributed by atoms with Gasteiger partial charge in [0.15, 0.2) is 0 Å². The molecule has 0 amide bonds. The molecule has 1 aliphatic heterocycles. The number of benzene rings is 1. The van der Waals surface area contributed by atoms with E-state index in [4.69, 9.17) is 0 Å². The van der Waals surface area contributed by atoms with E-state index in [2.05, 4.69) is 54.7 Å². The molecule has 21 heavy (non-hydrogen) atoms. The third-order valence-corrected chi connectivity index (χ3v) is 5.43. The lowest BCUT2D eigenvalue weighted by molar-refractivity contribution is 0.358. The maximum absolute atomic E-state index is 4.46. The number of rotatable bonds is 4. The number of hydrogen-bond donors (Lipinski definition) is 1. The fourth-order valence-electron chi connectivity index (χ4n) is 2.89. The maximum atomic E-state index is 4.46. The van der Waals surface area contributed by atoms with E-state index in [1.807, 2.05) is 28.7 Å². The van der Waals surface area contributed by atoms with Gasteiger partial charge >= 0.3 is 0 Å². The molecule has 1 fully saturated rings. The Morgan fingerprint density at radius 2 is 2.14 bits per heavy atom. The highest BCUT2D eigenvalue weighted by Gasteiger charge is 2.28. The molecule has 1 N–H and O–H groups in total. The molecule has 3 nitrogen and oxygen atoms in total. The molecule has 3 rings (SSSR count). The van der Waals surface area contributed by atoms with E-state index in [9.17, 15) is 0 Å². The maximum Gasteiger partial charge on any atom is 0.0729 e. The minimum atomic E-state index is 0.431. The zero-order chi connectivity index (χ0) is 14.7. The van der Waals surface area contributed by atoms with Crippen LogP contribution in [0.4, 0.5) is 5.69 Å². The molecule has 1 saturated heterocycles. The SMILES string of the molecule is CC1(C)CSCC(Nc2cnn(Cc3ccccc3)c2)C1. The van der Waals surface area contributed by atoms with Crippen LogP contribution in [0.5, 0.6) is 0 Å². The van der Waals surface area contributed by atoms with Crippen LogP contribution in [-0.2, 0) is 6.54 Å². The molecule has 1 aliphatic rings. The number of nitrogens with zero attached hydrogens (tertiary/aromatic N) is 2. The average Bonchev–Trinajstić information content (AvgIpc) is 2.86. The fraction of sp³-hybridized carbons (Fsp3) is 0.471. The molecule has 0 spiro atoms. The number of anilines is 1. The van der Waals surface area contributed by atoms with Gasteiger partial charge in [0.1, 0.15) is 0 Å². The summed E-state index contributed by atoms with van der Waals surface area (Å²) in [6, 6.07) is 11.0. The first-order valence-corrected chi connectivity index (χ1v) is 8.67. The van der Waals surface area contributed by atoms with Crippen molar-refractivity contribution in [2.75, 3.05) is 16.8 Å². The molecular formula is C17H23N3S. The third-order valence-electron chi connectivity index (χ3n) is 3.80. The molecule has 112 valence electrons. The van der Waals surface area contributed by atoms with E-state index < -0.39 is 0 Å². The first-order valence-electron chi connectivity index (χ1n) is 7.51. The van der Waals surface area contributed by atoms with Crippen LogP contribution in [-0.4, -0.2) is 27.3 Å². The van der Waals surface area contributed by atoms with Crippen molar-refractivity contribution in [3.63, 3.8) is 0 Å². The minimum absolute atomic E-state index is 0.431. The number of hydrogen-bond acceptors (Lipinski definition) is 3. The van der Waals surface area contributed by atoms with Crippen LogP contribution in [0.3, 0.4) is 0 Å². The van der Waals surface area contributed by atoms with Crippen molar-refractivity contribution in [1.29, 1.82) is 0 Å². The summed E-state index contributed by atoms with van der Waals surface area (Å²) in [6.07, 6.45) is 5.28. The van der Waals surface area contributed by atoms with Crippen molar-refractivity contribution in [2.24, 2.45) is 5.41 Å². The predicted molar refractivity (Wildman–Crippen MR) is 90.9 cm³/mol. The van der Waals surface area contributed by atoms with Gasteiger partial charge in [-0.15, -0.1) is 0 Å². The Bertz CT molecular complexity index is 577. The number of thioether (sulfide) groups is 1. The van der Waals surface area contributed by atoms with Gasteiger partial charge in [0.05, 0.1) is 18.4 Å². The third kappa shape index (κ3) is 4.03. The monoisotopic (exact) mass is 301 g/mol. The molecule has 0 radical (unpaired) electrons. The molecule has 1 unspecified atom stereocenters. The molecule has 1 aromatic heterocycles. The molecule has 4 heteroatoms. The number of aromatic nitrogens is 2. The Kier molecular flexibility index (Phi) is 4.24. The van der Waals surface area contributed by atoms with Crippen LogP contribution in [0.1, 0.15) is 25.8 Å². The molecular weight excluding hydrogens is 278 g/mol. The predicted octanol–water partition coefficient (Wildman–Crippen LogP) is 3.88. The fourth-order valence-corrected chi connectivity index (χ4v) is 4.16. The van der Waals surface area contributed by atoms with Gasteiger partial charge < -0.3 is 5.32 Å². The van der Waals surface area contributed by atoms with Gasteiger partial charge in [-0.05, 0) is 23.2 Å². The van der Waals surface area contributed by atoms with Crippen molar-refractivity contribution in [1.82, 2.24) is 9.78 Å². The second-order valence-electron chi connectivity index (χ2n) is 6.64. The zero-order valence-corrected chi connectivity index (χ0v) is 13.6. The first kappa shape index (κ1) is 14.5. The topological polar surface area (TPSA) is 29.9 Å². The second kappa shape index (κ2) is 6.14. The van der Waals surface area contributed by atoms with E-state index in [-0.39, 0.29) is 0 Å². The number of nitrogens with one attached hydrogen (secondary N) is 1. The second-order valence-corrected chi connectivity index (χ2v) is 7.67. The average molecular weight is 301 g/mol. The van der Waals surface area contributed by atoms with E-state index >= 15 is 0 Å². The Labute approximate surface area is 131 Å². The Hall–Kier alpha value is -1.42. The summed E-state index contributed by atoms with van der Waals surface area (Å²) in [6.45, 7) is 5.53. The summed E-state index contributed by atoms with van der Waals surface area (Å²) in [7, 11) is 0. The first-order chi connectivity index (χ1) is 10.1. The van der Waals surface area contributed by atoms with Crippen molar-refractivity contribution < 1.29 is 0 Å². The summed E-state index contributed by atoms with van der Waals surface area (Å²) in [5.41, 5.74) is 2.84. The molecule has 1 aromatic carbocycles. The lowest BCUT2D eigenvalue weighted by Gasteiger charge is -2.35. The van der Waals surface area contributed by atoms with Gasteiger partial charge in [-0.25, -0.2) is 0 Å². The smallest absolute Gasteiger partial charge is 0.0729 e. The Balaban J connectivity index is 1.60. The van der Waals surface area contributed by atoms with Crippen LogP contribution < -0.4 is 5.32 Å². The largest absolute Gasteiger partial charge is 0.379 e. The minimum Gasteiger partial charge on any atom is -0.379 e. The van der Waals surface area contributed by atoms with E-state index in [0.717, 1.165) is 12.2 Å². The Morgan fingerprint density at radius 1 is 1.33 bits per heavy atom. The van der Waals surface area contributed by atoms with Crippen LogP contribution in [0.2, 0.25) is 0 Å². The molecule has 2 aromatic rings. The summed E-state index contributed by atoms with van der Waals surface area (Å²) in [4.78, 5) is 0. The standard InChI is InChI=1S/C17H23N3S/c1-17(2)8-15(12-21-13-17)19-16-9-18-20(11-16)10-14-6-4-3-5-7-14/h3-7,9,11,15,19H,8,10,12-13H2,1-2H3. The van der Waals surface area contributed by atoms with Crippen molar-refractivity contribution in [3.05, 3.63) is 48.3 Å². The summed E-state index contributed by atoms with van der Waals surface area (Å²) in [5, 5.41) is 8.10. The van der Waals surface area contributed by atoms with Crippen LogP contribution in [0.25, 0.3) is 0 Å². The highest BCUT2D eigenvalue weighted by atomic mass is 32.2. The molecule has 2 heterocycles. The summed E-state index contributed by atoms with van der Waals surface area (Å²) < 4.78 is 2.00. The van der Waals surface area contributed by atoms with E-state index in [1.165, 1.54) is 23.5 Å². The Morgan fingerprint density at radius 3 is 2.90 bits per heavy atom. The lowest BCUT2D eigenvalue weighted by atomic mass is 9.88. The lowest BCUT2D eigenvalue weighted by Crippen LogP contribution is -2.35. The van der Waals surface area contributed by atoms with Crippen LogP contribution in [0, 0.1) is 5.41 Å². The van der Waals surface area contributed by atoms with Crippen LogP contribution >= 0.6 is 11.8 Å². The van der Waals surface area contributed by atoms with Gasteiger partial charge in [0.25, 0.3) is 0 Å². The van der Waals surface area contributed by atoms with Crippen molar-refractivity contribution >= 4 is 17.4 Å². The normalized spacial score (nSPS) is 21.1. The summed E-state index contributed by atoms with van der Waals surface area (Å²) >= 11 is 2.05. The quantitative estimate of drug-likeness (QED) is 0.929. The highest BCUT2D eigenvalue weighted by molar-refractivity contribution is 7.99. The van der Waals surface area contributed by atoms with Gasteiger partial charge in [0.2, 0.25) is 0 Å². The summed E-state index contributed by atoms with van der Waals surface area (Å²) in [5.74, 6) is 2.45. The van der Waals surface area contributed by atoms with Crippen molar-refractivity contribution in [3.8, 4) is 0 Å². The molecule has 1 atom stereocenters. The molecule has 0 aliphatic carbocycles. The van der Waals surface area contributed by atoms with Gasteiger partial charge in [-0.2, -0.15) is 16.9 Å². The van der Waals surface area contributed by atoms with Crippen LogP contribution in [0.15, 0.2) is 42.7 Å². The van der Waals surface area contributed by atoms with E-state index in [1.54, 1.807) is 0 Å². The molecule has 0 saturated carbocycles.